The topological polar surface area (TPSA) is 81.0 Å². The van der Waals surface area contributed by atoms with Crippen molar-refractivity contribution in [2.24, 2.45) is 0 Å². The molecule has 2 amide bonds. The Labute approximate surface area is 188 Å². The number of amides is 2. The fourth-order valence-electron chi connectivity index (χ4n) is 3.19. The molecule has 0 bridgehead atoms. The summed E-state index contributed by atoms with van der Waals surface area (Å²) < 4.78 is 29.4. The van der Waals surface area contributed by atoms with Gasteiger partial charge in [0.05, 0.1) is 19.9 Å². The molecule has 1 aliphatic rings. The molecule has 3 aromatic rings. The summed E-state index contributed by atoms with van der Waals surface area (Å²) in [5.41, 5.74) is 0.832. The van der Waals surface area contributed by atoms with Gasteiger partial charge in [-0.1, -0.05) is 0 Å². The number of nitrogens with one attached hydrogen (secondary N) is 1. The van der Waals surface area contributed by atoms with Gasteiger partial charge in [-0.2, -0.15) is 0 Å². The van der Waals surface area contributed by atoms with E-state index in [-0.39, 0.29) is 22.3 Å². The molecule has 1 aromatic heterocycles. The Morgan fingerprint density at radius 2 is 1.78 bits per heavy atom. The van der Waals surface area contributed by atoms with Crippen LogP contribution in [0.1, 0.15) is 5.76 Å². The van der Waals surface area contributed by atoms with Gasteiger partial charge in [0.2, 0.25) is 0 Å². The van der Waals surface area contributed by atoms with Gasteiger partial charge in [0, 0.05) is 11.6 Å². The molecule has 0 atom stereocenters. The maximum absolute atomic E-state index is 13.2. The first kappa shape index (κ1) is 21.3. The lowest BCUT2D eigenvalue weighted by molar-refractivity contribution is -0.122. The van der Waals surface area contributed by atoms with Crippen LogP contribution >= 0.6 is 12.2 Å². The SMILES string of the molecule is COc1ccc(N2C(=O)/C(=C/c3ccc(-c4ccc(F)cc4)o3)C(=O)NC2=S)c(OC)c1. The fourth-order valence-corrected chi connectivity index (χ4v) is 3.46. The number of benzene rings is 2. The predicted octanol–water partition coefficient (Wildman–Crippen LogP) is 3.93. The van der Waals surface area contributed by atoms with Gasteiger partial charge in [0.1, 0.15) is 34.4 Å². The number of methoxy groups -OCH3 is 2. The summed E-state index contributed by atoms with van der Waals surface area (Å²) in [4.78, 5) is 26.9. The van der Waals surface area contributed by atoms with Crippen molar-refractivity contribution >= 4 is 40.9 Å². The number of carbonyl (C=O) groups is 2. The van der Waals surface area contributed by atoms with Crippen molar-refractivity contribution in [2.75, 3.05) is 19.1 Å². The van der Waals surface area contributed by atoms with Crippen molar-refractivity contribution in [3.8, 4) is 22.8 Å². The van der Waals surface area contributed by atoms with Crippen molar-refractivity contribution in [2.45, 2.75) is 0 Å². The molecule has 0 saturated carbocycles. The van der Waals surface area contributed by atoms with Crippen molar-refractivity contribution < 1.29 is 27.9 Å². The Bertz CT molecular complexity index is 1250. The Hall–Kier alpha value is -3.98. The Morgan fingerprint density at radius 1 is 1.03 bits per heavy atom. The lowest BCUT2D eigenvalue weighted by Gasteiger charge is -2.29. The molecule has 0 spiro atoms. The highest BCUT2D eigenvalue weighted by molar-refractivity contribution is 7.80. The standard InChI is InChI=1S/C23H17FN2O5S/c1-29-15-7-9-18(20(12-15)30-2)26-22(28)17(21(27)25-23(26)32)11-16-8-10-19(31-16)13-3-5-14(24)6-4-13/h3-12H,1-2H3,(H,25,27,32)/b17-11+. The van der Waals surface area contributed by atoms with Crippen LogP contribution in [0.15, 0.2) is 64.6 Å². The van der Waals surface area contributed by atoms with Crippen LogP contribution in [0.2, 0.25) is 0 Å². The lowest BCUT2D eigenvalue weighted by atomic mass is 10.1. The normalized spacial score (nSPS) is 15.2. The van der Waals surface area contributed by atoms with Gasteiger partial charge >= 0.3 is 0 Å². The number of ether oxygens (including phenoxy) is 2. The van der Waals surface area contributed by atoms with Gasteiger partial charge in [-0.05, 0) is 66.8 Å². The van der Waals surface area contributed by atoms with Crippen LogP contribution in [0, 0.1) is 5.82 Å². The van der Waals surface area contributed by atoms with Crippen molar-refractivity contribution in [1.82, 2.24) is 5.32 Å². The number of nitrogens with zero attached hydrogens (tertiary/aromatic N) is 1. The molecule has 2 heterocycles. The van der Waals surface area contributed by atoms with E-state index in [0.29, 0.717) is 28.5 Å². The van der Waals surface area contributed by atoms with Crippen LogP contribution in [0.3, 0.4) is 0 Å². The summed E-state index contributed by atoms with van der Waals surface area (Å²) in [5, 5.41) is 2.44. The summed E-state index contributed by atoms with van der Waals surface area (Å²) in [6.07, 6.45) is 1.33. The zero-order valence-electron chi connectivity index (χ0n) is 17.0. The maximum atomic E-state index is 13.2. The molecule has 1 saturated heterocycles. The smallest absolute Gasteiger partial charge is 0.270 e. The first-order valence-corrected chi connectivity index (χ1v) is 9.81. The van der Waals surface area contributed by atoms with Gasteiger partial charge in [0.15, 0.2) is 5.11 Å². The highest BCUT2D eigenvalue weighted by atomic mass is 32.1. The molecule has 7 nitrogen and oxygen atoms in total. The molecule has 9 heteroatoms. The lowest BCUT2D eigenvalue weighted by Crippen LogP contribution is -2.54. The molecule has 1 fully saturated rings. The molecule has 0 radical (unpaired) electrons. The van der Waals surface area contributed by atoms with Crippen LogP contribution in [0.4, 0.5) is 10.1 Å². The Balaban J connectivity index is 1.69. The zero-order chi connectivity index (χ0) is 22.8. The van der Waals surface area contributed by atoms with Crippen LogP contribution < -0.4 is 19.7 Å². The molecule has 32 heavy (non-hydrogen) atoms. The third kappa shape index (κ3) is 3.97. The molecular weight excluding hydrogens is 435 g/mol. The number of rotatable bonds is 5. The van der Waals surface area contributed by atoms with Gasteiger partial charge in [0.25, 0.3) is 11.8 Å². The van der Waals surface area contributed by atoms with Gasteiger partial charge in [-0.15, -0.1) is 0 Å². The molecular formula is C23H17FN2O5S. The summed E-state index contributed by atoms with van der Waals surface area (Å²) in [5.74, 6) is -0.0404. The zero-order valence-corrected chi connectivity index (χ0v) is 17.9. The number of halogens is 1. The second-order valence-corrected chi connectivity index (χ2v) is 7.09. The van der Waals surface area contributed by atoms with E-state index < -0.39 is 11.8 Å². The molecule has 0 unspecified atom stereocenters. The molecule has 162 valence electrons. The van der Waals surface area contributed by atoms with E-state index in [1.807, 2.05) is 0 Å². The predicted molar refractivity (Wildman–Crippen MR) is 120 cm³/mol. The van der Waals surface area contributed by atoms with E-state index in [1.165, 1.54) is 37.3 Å². The van der Waals surface area contributed by atoms with E-state index in [0.717, 1.165) is 0 Å². The largest absolute Gasteiger partial charge is 0.497 e. The first-order chi connectivity index (χ1) is 15.4. The summed E-state index contributed by atoms with van der Waals surface area (Å²) in [7, 11) is 2.96. The minimum absolute atomic E-state index is 0.0768. The third-order valence-corrected chi connectivity index (χ3v) is 5.06. The minimum Gasteiger partial charge on any atom is -0.497 e. The van der Waals surface area contributed by atoms with Crippen molar-refractivity contribution in [1.29, 1.82) is 0 Å². The quantitative estimate of drug-likeness (QED) is 0.359. The number of hydrogen-bond acceptors (Lipinski definition) is 6. The average Bonchev–Trinajstić information content (AvgIpc) is 3.26. The Kier molecular flexibility index (Phi) is 5.74. The van der Waals surface area contributed by atoms with Crippen molar-refractivity contribution in [3.63, 3.8) is 0 Å². The fraction of sp³-hybridized carbons (Fsp3) is 0.0870. The van der Waals surface area contributed by atoms with Crippen molar-refractivity contribution in [3.05, 3.63) is 71.7 Å². The van der Waals surface area contributed by atoms with Gasteiger partial charge in [-0.3, -0.25) is 14.9 Å². The second-order valence-electron chi connectivity index (χ2n) is 6.70. The molecule has 0 aliphatic carbocycles. The molecule has 2 aromatic carbocycles. The van der Waals surface area contributed by atoms with Crippen LogP contribution in [0.5, 0.6) is 11.5 Å². The number of thiocarbonyl (C=S) groups is 1. The van der Waals surface area contributed by atoms with Gasteiger partial charge in [-0.25, -0.2) is 9.29 Å². The second kappa shape index (κ2) is 8.64. The number of anilines is 1. The van der Waals surface area contributed by atoms with Crippen LogP contribution in [0.25, 0.3) is 17.4 Å². The third-order valence-electron chi connectivity index (χ3n) is 4.77. The highest BCUT2D eigenvalue weighted by Gasteiger charge is 2.36. The van der Waals surface area contributed by atoms with Crippen LogP contribution in [-0.4, -0.2) is 31.1 Å². The Morgan fingerprint density at radius 3 is 2.47 bits per heavy atom. The minimum atomic E-state index is -0.650. The maximum Gasteiger partial charge on any atom is 0.270 e. The highest BCUT2D eigenvalue weighted by Crippen LogP contribution is 2.34. The summed E-state index contributed by atoms with van der Waals surface area (Å²) >= 11 is 5.23. The van der Waals surface area contributed by atoms with Gasteiger partial charge < -0.3 is 13.9 Å². The van der Waals surface area contributed by atoms with E-state index in [2.05, 4.69) is 5.32 Å². The van der Waals surface area contributed by atoms with Crippen LogP contribution in [-0.2, 0) is 9.59 Å². The molecule has 1 aliphatic heterocycles. The summed E-state index contributed by atoms with van der Waals surface area (Å²) in [6.45, 7) is 0. The monoisotopic (exact) mass is 452 g/mol. The molecule has 4 rings (SSSR count). The van der Waals surface area contributed by atoms with E-state index >= 15 is 0 Å². The number of hydrogen-bond donors (Lipinski definition) is 1. The van der Waals surface area contributed by atoms with E-state index in [1.54, 1.807) is 42.5 Å². The van der Waals surface area contributed by atoms with E-state index in [9.17, 15) is 14.0 Å². The number of carbonyl (C=O) groups excluding carboxylic acids is 2. The number of furan rings is 1. The first-order valence-electron chi connectivity index (χ1n) is 9.40. The summed E-state index contributed by atoms with van der Waals surface area (Å²) in [6, 6.07) is 13.9. The van der Waals surface area contributed by atoms with E-state index in [4.69, 9.17) is 26.1 Å². The average molecular weight is 452 g/mol. The molecule has 1 N–H and O–H groups in total.